The van der Waals surface area contributed by atoms with E-state index >= 15 is 43.2 Å². The lowest BCUT2D eigenvalue weighted by Gasteiger charge is -2.38. The monoisotopic (exact) mass is 1850 g/mol. The Morgan fingerprint density at radius 2 is 1.16 bits per heavy atom. The molecule has 132 heavy (non-hydrogen) atoms. The average Bonchev–Trinajstić information content (AvgIpc) is 1.50. The highest BCUT2D eigenvalue weighted by Crippen LogP contribution is 2.29. The third-order valence-corrected chi connectivity index (χ3v) is 25.3. The number of phenolic OH excluding ortho intramolecular Hbond substituents is 1. The molecule has 714 valence electrons. The van der Waals surface area contributed by atoms with Crippen molar-refractivity contribution in [3.05, 3.63) is 120 Å². The van der Waals surface area contributed by atoms with Crippen LogP contribution in [0.4, 0.5) is 0 Å². The maximum Gasteiger partial charge on any atom is 0.246 e. The van der Waals surface area contributed by atoms with E-state index in [9.17, 15) is 53.7 Å². The van der Waals surface area contributed by atoms with Crippen LogP contribution in [0.1, 0.15) is 134 Å². The van der Waals surface area contributed by atoms with Crippen LogP contribution in [0.3, 0.4) is 0 Å². The molecule has 3 aromatic heterocycles. The van der Waals surface area contributed by atoms with E-state index in [1.54, 1.807) is 74.8 Å². The number of thioether (sulfide) groups is 1. The Balaban J connectivity index is 1.00. The van der Waals surface area contributed by atoms with Gasteiger partial charge in [-0.15, -0.1) is 11.8 Å². The summed E-state index contributed by atoms with van der Waals surface area (Å²) in [5.41, 5.74) is 14.3. The first-order chi connectivity index (χ1) is 63.1. The molecule has 42 heteroatoms. The standard InChI is InChI=1S/C90H123N21O20S/c1-8-10-21-69-82(123)99-50(5)78(119)106-68(80(121)97-43-76(92)117)46-132-47-77(118)100-65(32-51-24-26-56(113)27-25-51)87(128)110-30-28-93-42-73(110)85(126)105-67(38-75(91)116)88(129)109-29-16-23-70(109)83(124)102-63(36-55-41-94-48-98-55)81(122)104-64(31-49(3)4)89(130)111-44-57(114)37-72(111)84(125)101-62(33-52-39-95-60-19-14-12-17-58(52)60)74(115)35-54(45-112)79(120)103-66(34-53-40-96-61-20-15-13-18-59(53)61)86(127)108(7)71(22-11-9-2)90(131)107(69)6/h12-15,17-20,24-27,39-41,48-50,54,57,62-73,93,95-96,112-114H,8-11,16,21-23,28-38,42-47H2,1-7H3,(H2,91,116)(H2,92,117)(H,94,98)(H,97,121)(H,99,123)(H,100,118)(H,101,125)(H,102,124)(H,103,120)(H,104,122)(H,105,126)(H,106,119)/t50-,54-,57+,62-,63-,64-,65-,66-,67-,68-,69-,70-,71-,72-,73-/m0/s1. The minimum Gasteiger partial charge on any atom is -0.508 e. The van der Waals surface area contributed by atoms with Gasteiger partial charge in [-0.2, -0.15) is 0 Å². The lowest BCUT2D eigenvalue weighted by Crippen LogP contribution is -2.65. The number of phenols is 1. The highest BCUT2D eigenvalue weighted by molar-refractivity contribution is 8.00. The minimum absolute atomic E-state index is 0.00643. The number of aliphatic hydroxyl groups is 2. The summed E-state index contributed by atoms with van der Waals surface area (Å²) < 4.78 is 0. The molecule has 16 amide bonds. The first-order valence-corrected chi connectivity index (χ1v) is 45.9. The number of hydrogen-bond acceptors (Lipinski definition) is 23. The number of hydrogen-bond donors (Lipinski definition) is 18. The summed E-state index contributed by atoms with van der Waals surface area (Å²) >= 11 is 0.797. The number of aromatic nitrogens is 4. The number of benzene rings is 3. The predicted octanol–water partition coefficient (Wildman–Crippen LogP) is -2.13. The van der Waals surface area contributed by atoms with Crippen molar-refractivity contribution in [1.82, 2.24) is 97.6 Å². The highest BCUT2D eigenvalue weighted by atomic mass is 32.2. The van der Waals surface area contributed by atoms with Gasteiger partial charge < -0.3 is 119 Å². The number of aliphatic hydroxyl groups excluding tert-OH is 2. The number of likely N-dealkylation sites (N-methyl/N-ethyl adjacent to an activating group) is 2. The zero-order chi connectivity index (χ0) is 95.7. The molecule has 0 bridgehead atoms. The number of nitrogens with two attached hydrogens (primary N) is 2. The quantitative estimate of drug-likeness (QED) is 0.0345. The van der Waals surface area contributed by atoms with Gasteiger partial charge in [-0.25, -0.2) is 4.98 Å². The maximum absolute atomic E-state index is 15.7. The van der Waals surface area contributed by atoms with E-state index in [4.69, 9.17) is 11.5 Å². The molecule has 4 aliphatic heterocycles. The number of aromatic amines is 3. The molecule has 6 aromatic rings. The summed E-state index contributed by atoms with van der Waals surface area (Å²) in [6.45, 7) is 6.03. The number of carbonyl (C=O) groups excluding carboxylic acids is 17. The van der Waals surface area contributed by atoms with Gasteiger partial charge in [0.15, 0.2) is 5.78 Å². The van der Waals surface area contributed by atoms with Crippen LogP contribution < -0.4 is 64.6 Å². The van der Waals surface area contributed by atoms with Gasteiger partial charge in [0, 0.05) is 131 Å². The Kier molecular flexibility index (Phi) is 36.7. The van der Waals surface area contributed by atoms with Gasteiger partial charge in [-0.3, -0.25) is 81.5 Å². The molecule has 3 aromatic carbocycles. The second-order valence-electron chi connectivity index (χ2n) is 34.6. The van der Waals surface area contributed by atoms with Gasteiger partial charge in [0.05, 0.1) is 55.4 Å². The average molecular weight is 1850 g/mol. The van der Waals surface area contributed by atoms with Gasteiger partial charge in [0.25, 0.3) is 0 Å². The molecule has 0 radical (unpaired) electrons. The summed E-state index contributed by atoms with van der Waals surface area (Å²) in [6.07, 6.45) is 3.74. The first-order valence-electron chi connectivity index (χ1n) is 44.7. The molecule has 15 atom stereocenters. The molecular weight excluding hydrogens is 1730 g/mol. The zero-order valence-electron chi connectivity index (χ0n) is 75.2. The number of imidazole rings is 1. The highest BCUT2D eigenvalue weighted by Gasteiger charge is 2.47. The SMILES string of the molecule is CCCC[C@H]1C(=O)N(C)[C@@H](CCCC)C(=O)N[C@@H](C)C(=O)N[C@H](C(=O)NCC(N)=O)CSCC(=O)N[C@@H](Cc2ccc(O)cc2)C(=O)N2CCNC[C@H]2C(=O)N[C@@H](CC(N)=O)C(=O)N2CCC[C@H]2C(=O)N[C@@H](Cc2c[nH]cn2)C(=O)N[C@@H](CC(C)C)C(=O)N2C[C@H](O)C[C@H]2C(=O)N[C@@H](Cc2c[nH]c3ccccc23)C(=O)C[C@@H](CO)C(=O)N[C@@H](Cc2c[nH]c3ccccc23)C(=O)N1C. The van der Waals surface area contributed by atoms with Crippen LogP contribution in [-0.2, 0) is 107 Å². The molecular formula is C90H123N21O20S. The van der Waals surface area contributed by atoms with E-state index in [1.165, 1.54) is 67.6 Å². The second kappa shape index (κ2) is 47.8. The normalized spacial score (nSPS) is 25.7. The number of nitrogens with zero attached hydrogens (tertiary/aromatic N) is 6. The number of fused-ring (bicyclic) bond motifs is 5. The van der Waals surface area contributed by atoms with Crippen molar-refractivity contribution >= 4 is 134 Å². The van der Waals surface area contributed by atoms with Crippen LogP contribution in [0, 0.1) is 11.8 Å². The molecule has 10 rings (SSSR count). The lowest BCUT2D eigenvalue weighted by molar-refractivity contribution is -0.149. The summed E-state index contributed by atoms with van der Waals surface area (Å²) in [6, 6.07) is 0.577. The maximum atomic E-state index is 15.7. The van der Waals surface area contributed by atoms with Crippen molar-refractivity contribution < 1.29 is 96.8 Å². The van der Waals surface area contributed by atoms with Crippen molar-refractivity contribution in [3.8, 4) is 5.75 Å². The molecule has 0 saturated carbocycles. The van der Waals surface area contributed by atoms with E-state index in [1.807, 2.05) is 13.8 Å². The fourth-order valence-corrected chi connectivity index (χ4v) is 18.0. The molecule has 4 aliphatic rings. The molecule has 7 heterocycles. The summed E-state index contributed by atoms with van der Waals surface area (Å²) in [7, 11) is 2.74. The Bertz CT molecular complexity index is 5120. The number of nitrogens with one attached hydrogen (secondary N) is 13. The predicted molar refractivity (Wildman–Crippen MR) is 484 cm³/mol. The van der Waals surface area contributed by atoms with E-state index < -0.39 is 235 Å². The van der Waals surface area contributed by atoms with Gasteiger partial charge in [-0.05, 0) is 85.9 Å². The molecule has 0 unspecified atom stereocenters. The van der Waals surface area contributed by atoms with Crippen molar-refractivity contribution in [2.24, 2.45) is 23.3 Å². The van der Waals surface area contributed by atoms with Crippen molar-refractivity contribution in [1.29, 1.82) is 0 Å². The number of carbonyl (C=O) groups is 17. The van der Waals surface area contributed by atoms with Crippen LogP contribution in [0.5, 0.6) is 5.75 Å². The fourth-order valence-electron chi connectivity index (χ4n) is 17.1. The zero-order valence-corrected chi connectivity index (χ0v) is 76.0. The largest absolute Gasteiger partial charge is 0.508 e. The van der Waals surface area contributed by atoms with Gasteiger partial charge in [0.2, 0.25) is 94.5 Å². The van der Waals surface area contributed by atoms with E-state index in [2.05, 4.69) is 73.1 Å². The molecule has 0 spiro atoms. The number of aromatic hydroxyl groups is 1. The first kappa shape index (κ1) is 101. The summed E-state index contributed by atoms with van der Waals surface area (Å²) in [4.78, 5) is 269. The van der Waals surface area contributed by atoms with E-state index in [0.717, 1.165) is 26.5 Å². The number of Topliss-reactive ketones (excluding diaryl/α,β-unsaturated/α-hetero) is 1. The van der Waals surface area contributed by atoms with E-state index in [0.29, 0.717) is 64.2 Å². The number of H-pyrrole nitrogens is 3. The molecule has 0 aliphatic carbocycles. The number of unbranched alkanes of at least 4 members (excludes halogenated alkanes) is 2. The molecule has 20 N–H and O–H groups in total. The number of rotatable bonds is 22. The van der Waals surface area contributed by atoms with Crippen LogP contribution in [0.2, 0.25) is 0 Å². The van der Waals surface area contributed by atoms with Crippen LogP contribution in [-0.4, -0.2) is 316 Å². The topological polar surface area (TPSA) is 600 Å². The minimum atomic E-state index is -1.77. The smallest absolute Gasteiger partial charge is 0.246 e. The Morgan fingerprint density at radius 3 is 1.79 bits per heavy atom. The van der Waals surface area contributed by atoms with E-state index in [-0.39, 0.29) is 108 Å². The van der Waals surface area contributed by atoms with Crippen LogP contribution in [0.25, 0.3) is 21.8 Å². The van der Waals surface area contributed by atoms with Crippen molar-refractivity contribution in [3.63, 3.8) is 0 Å². The molecule has 4 saturated heterocycles. The Hall–Kier alpha value is -12.8. The van der Waals surface area contributed by atoms with Gasteiger partial charge in [-0.1, -0.05) is 102 Å². The molecule has 41 nitrogen and oxygen atoms in total. The third-order valence-electron chi connectivity index (χ3n) is 24.3. The van der Waals surface area contributed by atoms with Crippen LogP contribution in [0.15, 0.2) is 97.7 Å². The van der Waals surface area contributed by atoms with Gasteiger partial charge in [0.1, 0.15) is 78.3 Å². The Labute approximate surface area is 767 Å². The third kappa shape index (κ3) is 27.0. The number of ketones is 1. The van der Waals surface area contributed by atoms with Crippen molar-refractivity contribution in [2.75, 3.05) is 71.5 Å². The summed E-state index contributed by atoms with van der Waals surface area (Å²) in [5.74, 6) is -18.2. The van der Waals surface area contributed by atoms with Crippen molar-refractivity contribution in [2.45, 2.75) is 222 Å². The lowest BCUT2D eigenvalue weighted by atomic mass is 9.93. The Morgan fingerprint density at radius 1 is 0.583 bits per heavy atom. The number of amides is 16. The fraction of sp³-hybridized carbons (Fsp3) is 0.533. The number of para-hydroxylation sites is 2. The number of primary amides is 2. The van der Waals surface area contributed by atoms with Gasteiger partial charge >= 0.3 is 0 Å². The number of piperazine rings is 1. The van der Waals surface area contributed by atoms with Crippen LogP contribution >= 0.6 is 11.8 Å². The second-order valence-corrected chi connectivity index (χ2v) is 35.6. The molecule has 4 fully saturated rings. The summed E-state index contributed by atoms with van der Waals surface area (Å²) in [5, 5.41) is 61.4.